The Morgan fingerprint density at radius 2 is 2.17 bits per heavy atom. The van der Waals surface area contributed by atoms with Crippen LogP contribution in [0.15, 0.2) is 33.2 Å². The van der Waals surface area contributed by atoms with Gasteiger partial charge in [-0.3, -0.25) is 9.36 Å². The van der Waals surface area contributed by atoms with Crippen LogP contribution < -0.4 is 5.56 Å². The molecule has 0 saturated heterocycles. The minimum absolute atomic E-state index is 0.0836. The van der Waals surface area contributed by atoms with Gasteiger partial charge in [0, 0.05) is 27.6 Å². The van der Waals surface area contributed by atoms with E-state index in [0.29, 0.717) is 17.1 Å². The van der Waals surface area contributed by atoms with E-state index in [2.05, 4.69) is 28.1 Å². The number of aromatic nitrogens is 4. The Bertz CT molecular complexity index is 1060. The van der Waals surface area contributed by atoms with Gasteiger partial charge in [0.1, 0.15) is 4.83 Å². The lowest BCUT2D eigenvalue weighted by Crippen LogP contribution is -2.21. The van der Waals surface area contributed by atoms with Crippen molar-refractivity contribution in [3.05, 3.63) is 50.8 Å². The van der Waals surface area contributed by atoms with Crippen molar-refractivity contribution in [1.29, 1.82) is 0 Å². The highest BCUT2D eigenvalue weighted by Gasteiger charge is 2.15. The van der Waals surface area contributed by atoms with E-state index >= 15 is 0 Å². The maximum atomic E-state index is 12.8. The second-order valence-corrected chi connectivity index (χ2v) is 7.29. The Morgan fingerprint density at radius 1 is 1.30 bits per heavy atom. The van der Waals surface area contributed by atoms with Crippen LogP contribution in [-0.2, 0) is 6.54 Å². The molecule has 4 heterocycles. The molecule has 6 nitrogen and oxygen atoms in total. The molecule has 4 rings (SSSR count). The standard InChI is InChI=1S/C15H12N4O2S2/c1-8-3-4-11(23-8)10-6-22-14-13(10)15(20)19(7-16-14)5-12-17-9(2)21-18-12/h3-4,6-7H,5H2,1-2H3. The Morgan fingerprint density at radius 3 is 2.87 bits per heavy atom. The summed E-state index contributed by atoms with van der Waals surface area (Å²) in [6.45, 7) is 4.02. The molecule has 0 saturated carbocycles. The summed E-state index contributed by atoms with van der Waals surface area (Å²) in [7, 11) is 0. The molecule has 0 aliphatic rings. The Labute approximate surface area is 139 Å². The fourth-order valence-electron chi connectivity index (χ4n) is 2.40. The first-order valence-electron chi connectivity index (χ1n) is 6.94. The predicted octanol–water partition coefficient (Wildman–Crippen LogP) is 3.23. The number of aryl methyl sites for hydroxylation is 2. The Balaban J connectivity index is 1.85. The van der Waals surface area contributed by atoms with Gasteiger partial charge in [0.2, 0.25) is 5.89 Å². The Hall–Kier alpha value is -2.32. The van der Waals surface area contributed by atoms with Gasteiger partial charge in [0.05, 0.1) is 18.3 Å². The lowest BCUT2D eigenvalue weighted by atomic mass is 10.2. The third-order valence-corrected chi connectivity index (χ3v) is 5.37. The zero-order valence-corrected chi connectivity index (χ0v) is 14.1. The number of hydrogen-bond acceptors (Lipinski definition) is 7. The summed E-state index contributed by atoms with van der Waals surface area (Å²) in [6, 6.07) is 4.10. The normalized spacial score (nSPS) is 11.4. The molecule has 0 aliphatic heterocycles. The van der Waals surface area contributed by atoms with Crippen molar-refractivity contribution < 1.29 is 4.52 Å². The van der Waals surface area contributed by atoms with Crippen molar-refractivity contribution in [2.75, 3.05) is 0 Å². The summed E-state index contributed by atoms with van der Waals surface area (Å²) >= 11 is 3.16. The van der Waals surface area contributed by atoms with E-state index in [4.69, 9.17) is 4.52 Å². The number of fused-ring (bicyclic) bond motifs is 1. The van der Waals surface area contributed by atoms with Crippen molar-refractivity contribution in [3.63, 3.8) is 0 Å². The van der Waals surface area contributed by atoms with Crippen LogP contribution in [0.4, 0.5) is 0 Å². The van der Waals surface area contributed by atoms with Crippen LogP contribution in [0.25, 0.3) is 20.7 Å². The molecule has 0 N–H and O–H groups in total. The fraction of sp³-hybridized carbons (Fsp3) is 0.200. The van der Waals surface area contributed by atoms with Gasteiger partial charge < -0.3 is 4.52 Å². The molecule has 0 atom stereocenters. The zero-order valence-electron chi connectivity index (χ0n) is 12.4. The Kier molecular flexibility index (Phi) is 3.35. The lowest BCUT2D eigenvalue weighted by Gasteiger charge is -2.02. The number of hydrogen-bond donors (Lipinski definition) is 0. The van der Waals surface area contributed by atoms with Crippen LogP contribution in [0.2, 0.25) is 0 Å². The van der Waals surface area contributed by atoms with Crippen LogP contribution in [0.1, 0.15) is 16.6 Å². The van der Waals surface area contributed by atoms with Crippen LogP contribution >= 0.6 is 22.7 Å². The van der Waals surface area contributed by atoms with Crippen LogP contribution in [0, 0.1) is 13.8 Å². The molecule has 0 fully saturated rings. The predicted molar refractivity (Wildman–Crippen MR) is 90.1 cm³/mol. The van der Waals surface area contributed by atoms with Gasteiger partial charge in [-0.15, -0.1) is 22.7 Å². The van der Waals surface area contributed by atoms with Gasteiger partial charge in [-0.1, -0.05) is 5.16 Å². The summed E-state index contributed by atoms with van der Waals surface area (Å²) in [5.41, 5.74) is 0.860. The summed E-state index contributed by atoms with van der Waals surface area (Å²) < 4.78 is 6.47. The van der Waals surface area contributed by atoms with E-state index in [9.17, 15) is 4.79 Å². The lowest BCUT2D eigenvalue weighted by molar-refractivity contribution is 0.386. The van der Waals surface area contributed by atoms with Gasteiger partial charge in [0.15, 0.2) is 5.82 Å². The molecule has 23 heavy (non-hydrogen) atoms. The second kappa shape index (κ2) is 5.39. The van der Waals surface area contributed by atoms with E-state index in [1.807, 2.05) is 11.4 Å². The first-order valence-corrected chi connectivity index (χ1v) is 8.64. The van der Waals surface area contributed by atoms with Crippen molar-refractivity contribution in [1.82, 2.24) is 19.7 Å². The topological polar surface area (TPSA) is 73.8 Å². The van der Waals surface area contributed by atoms with Gasteiger partial charge in [-0.05, 0) is 19.1 Å². The summed E-state index contributed by atoms with van der Waals surface area (Å²) in [4.78, 5) is 24.4. The van der Waals surface area contributed by atoms with E-state index in [-0.39, 0.29) is 12.1 Å². The molecule has 0 amide bonds. The highest BCUT2D eigenvalue weighted by Crippen LogP contribution is 2.34. The minimum Gasteiger partial charge on any atom is -0.340 e. The van der Waals surface area contributed by atoms with E-state index in [0.717, 1.165) is 15.3 Å². The van der Waals surface area contributed by atoms with Gasteiger partial charge in [-0.25, -0.2) is 4.98 Å². The number of nitrogens with zero attached hydrogens (tertiary/aromatic N) is 4. The summed E-state index contributed by atoms with van der Waals surface area (Å²) in [5.74, 6) is 0.946. The molecule has 0 unspecified atom stereocenters. The summed E-state index contributed by atoms with van der Waals surface area (Å²) in [6.07, 6.45) is 1.54. The van der Waals surface area contributed by atoms with Gasteiger partial charge in [0.25, 0.3) is 5.56 Å². The van der Waals surface area contributed by atoms with E-state index < -0.39 is 0 Å². The molecule has 4 aromatic rings. The molecule has 116 valence electrons. The number of rotatable bonds is 3. The molecule has 0 radical (unpaired) electrons. The highest BCUT2D eigenvalue weighted by atomic mass is 32.1. The van der Waals surface area contributed by atoms with Crippen molar-refractivity contribution in [3.8, 4) is 10.4 Å². The SMILES string of the molecule is Cc1nc(Cn2cnc3scc(-c4ccc(C)s4)c3c2=O)no1. The average Bonchev–Trinajstić information content (AvgIpc) is 3.22. The van der Waals surface area contributed by atoms with Crippen LogP contribution in [0.3, 0.4) is 0 Å². The first kappa shape index (κ1) is 14.3. The first-order chi connectivity index (χ1) is 11.1. The monoisotopic (exact) mass is 344 g/mol. The van der Waals surface area contributed by atoms with Gasteiger partial charge >= 0.3 is 0 Å². The zero-order chi connectivity index (χ0) is 16.0. The maximum absolute atomic E-state index is 12.8. The maximum Gasteiger partial charge on any atom is 0.263 e. The second-order valence-electron chi connectivity index (χ2n) is 5.15. The van der Waals surface area contributed by atoms with Crippen LogP contribution in [-0.4, -0.2) is 19.7 Å². The van der Waals surface area contributed by atoms with E-state index in [1.54, 1.807) is 18.3 Å². The van der Waals surface area contributed by atoms with Crippen molar-refractivity contribution in [2.24, 2.45) is 0 Å². The van der Waals surface area contributed by atoms with E-state index in [1.165, 1.54) is 27.1 Å². The molecule has 0 aliphatic carbocycles. The van der Waals surface area contributed by atoms with Crippen molar-refractivity contribution >= 4 is 32.9 Å². The molecular formula is C15H12N4O2S2. The molecule has 8 heteroatoms. The average molecular weight is 344 g/mol. The number of thiophene rings is 2. The molecule has 0 spiro atoms. The van der Waals surface area contributed by atoms with Gasteiger partial charge in [-0.2, -0.15) is 4.98 Å². The quantitative estimate of drug-likeness (QED) is 0.570. The van der Waals surface area contributed by atoms with Crippen molar-refractivity contribution in [2.45, 2.75) is 20.4 Å². The third kappa shape index (κ3) is 2.49. The van der Waals surface area contributed by atoms with Crippen LogP contribution in [0.5, 0.6) is 0 Å². The molecule has 4 aromatic heterocycles. The fourth-order valence-corrected chi connectivity index (χ4v) is 4.26. The molecular weight excluding hydrogens is 332 g/mol. The molecule has 0 aromatic carbocycles. The molecule has 0 bridgehead atoms. The summed E-state index contributed by atoms with van der Waals surface area (Å²) in [5, 5.41) is 6.48. The minimum atomic E-state index is -0.0836. The largest absolute Gasteiger partial charge is 0.340 e. The third-order valence-electron chi connectivity index (χ3n) is 3.45. The highest BCUT2D eigenvalue weighted by molar-refractivity contribution is 7.19. The smallest absolute Gasteiger partial charge is 0.263 e.